The van der Waals surface area contributed by atoms with Crippen molar-refractivity contribution >= 4 is 46.6 Å². The Bertz CT molecular complexity index is 685. The molecule has 1 rings (SSSR count). The van der Waals surface area contributed by atoms with Gasteiger partial charge in [0.25, 0.3) is 0 Å². The summed E-state index contributed by atoms with van der Waals surface area (Å²) < 4.78 is 9.56. The molecule has 1 aromatic carbocycles. The summed E-state index contributed by atoms with van der Waals surface area (Å²) in [7, 11) is 1.20. The molecule has 1 aromatic rings. The number of hydrogen-bond acceptors (Lipinski definition) is 6. The maximum atomic E-state index is 11.8. The molecular formula is C16H17Cl2NO5. The highest BCUT2D eigenvalue weighted by Gasteiger charge is 2.19. The lowest BCUT2D eigenvalue weighted by Crippen LogP contribution is -2.15. The molecule has 130 valence electrons. The zero-order valence-electron chi connectivity index (χ0n) is 13.4. The quantitative estimate of drug-likeness (QED) is 0.340. The van der Waals surface area contributed by atoms with Crippen LogP contribution >= 0.6 is 23.2 Å². The first-order chi connectivity index (χ1) is 11.3. The molecule has 1 N–H and O–H groups in total. The topological polar surface area (TPSA) is 81.7 Å². The van der Waals surface area contributed by atoms with E-state index in [1.165, 1.54) is 32.4 Å². The summed E-state index contributed by atoms with van der Waals surface area (Å²) in [5, 5.41) is 2.85. The van der Waals surface area contributed by atoms with E-state index < -0.39 is 17.7 Å². The largest absolute Gasteiger partial charge is 0.465 e. The Balaban J connectivity index is 3.13. The normalized spacial score (nSPS) is 11.0. The number of ketones is 1. The minimum absolute atomic E-state index is 0.00966. The van der Waals surface area contributed by atoms with Gasteiger partial charge in [0.05, 0.1) is 35.0 Å². The van der Waals surface area contributed by atoms with E-state index in [9.17, 15) is 14.4 Å². The SMILES string of the molecule is CCCOC(=O)C(=CNc1ccc(Cl)c(C(=O)OC)c1Cl)C(C)=O. The van der Waals surface area contributed by atoms with Crippen LogP contribution in [0.1, 0.15) is 30.6 Å². The van der Waals surface area contributed by atoms with Gasteiger partial charge in [-0.15, -0.1) is 0 Å². The minimum Gasteiger partial charge on any atom is -0.465 e. The molecule has 0 spiro atoms. The van der Waals surface area contributed by atoms with E-state index in [0.717, 1.165) is 0 Å². The molecule has 0 unspecified atom stereocenters. The van der Waals surface area contributed by atoms with Crippen LogP contribution in [0.15, 0.2) is 23.9 Å². The highest BCUT2D eigenvalue weighted by atomic mass is 35.5. The fraction of sp³-hybridized carbons (Fsp3) is 0.312. The minimum atomic E-state index is -0.741. The predicted molar refractivity (Wildman–Crippen MR) is 91.4 cm³/mol. The molecule has 0 aliphatic rings. The van der Waals surface area contributed by atoms with Crippen molar-refractivity contribution in [3.8, 4) is 0 Å². The van der Waals surface area contributed by atoms with Crippen LogP contribution in [-0.2, 0) is 19.1 Å². The van der Waals surface area contributed by atoms with Crippen molar-refractivity contribution in [2.75, 3.05) is 19.0 Å². The van der Waals surface area contributed by atoms with Crippen LogP contribution in [0.2, 0.25) is 10.0 Å². The van der Waals surface area contributed by atoms with Crippen molar-refractivity contribution in [1.29, 1.82) is 0 Å². The maximum absolute atomic E-state index is 11.8. The van der Waals surface area contributed by atoms with E-state index in [1.54, 1.807) is 0 Å². The molecule has 0 atom stereocenters. The van der Waals surface area contributed by atoms with Gasteiger partial charge in [0.15, 0.2) is 5.78 Å². The van der Waals surface area contributed by atoms with Gasteiger partial charge in [-0.3, -0.25) is 4.79 Å². The van der Waals surface area contributed by atoms with E-state index in [0.29, 0.717) is 6.42 Å². The van der Waals surface area contributed by atoms with Gasteiger partial charge in [-0.25, -0.2) is 9.59 Å². The fourth-order valence-electron chi connectivity index (χ4n) is 1.68. The summed E-state index contributed by atoms with van der Waals surface area (Å²) in [6, 6.07) is 2.95. The van der Waals surface area contributed by atoms with E-state index in [-0.39, 0.29) is 33.5 Å². The lowest BCUT2D eigenvalue weighted by molar-refractivity contribution is -0.140. The van der Waals surface area contributed by atoms with Crippen LogP contribution < -0.4 is 5.32 Å². The van der Waals surface area contributed by atoms with E-state index in [4.69, 9.17) is 27.9 Å². The first-order valence-corrected chi connectivity index (χ1v) is 7.80. The summed E-state index contributed by atoms with van der Waals surface area (Å²) in [4.78, 5) is 35.2. The van der Waals surface area contributed by atoms with Crippen LogP contribution in [0, 0.1) is 0 Å². The van der Waals surface area contributed by atoms with Crippen molar-refractivity contribution < 1.29 is 23.9 Å². The second-order valence-corrected chi connectivity index (χ2v) is 5.46. The summed E-state index contributed by atoms with van der Waals surface area (Å²) in [6.45, 7) is 3.28. The number of hydrogen-bond donors (Lipinski definition) is 1. The van der Waals surface area contributed by atoms with Crippen molar-refractivity contribution in [2.45, 2.75) is 20.3 Å². The molecule has 0 aromatic heterocycles. The molecule has 0 bridgehead atoms. The highest BCUT2D eigenvalue weighted by Crippen LogP contribution is 2.32. The average Bonchev–Trinajstić information content (AvgIpc) is 2.54. The summed E-state index contributed by atoms with van der Waals surface area (Å²) in [5.41, 5.74) is 0.0924. The van der Waals surface area contributed by atoms with E-state index >= 15 is 0 Å². The van der Waals surface area contributed by atoms with Gasteiger partial charge in [0.1, 0.15) is 5.57 Å². The number of anilines is 1. The Labute approximate surface area is 149 Å². The molecule has 0 aliphatic carbocycles. The highest BCUT2D eigenvalue weighted by molar-refractivity contribution is 6.41. The number of esters is 2. The van der Waals surface area contributed by atoms with Gasteiger partial charge in [-0.1, -0.05) is 30.1 Å². The Morgan fingerprint density at radius 3 is 2.46 bits per heavy atom. The second-order valence-electron chi connectivity index (χ2n) is 4.67. The maximum Gasteiger partial charge on any atom is 0.343 e. The molecule has 24 heavy (non-hydrogen) atoms. The molecule has 0 heterocycles. The Kier molecular flexibility index (Phi) is 7.74. The molecule has 0 fully saturated rings. The predicted octanol–water partition coefficient (Wildman–Crippen LogP) is 3.62. The Morgan fingerprint density at radius 1 is 1.25 bits per heavy atom. The zero-order chi connectivity index (χ0) is 18.3. The van der Waals surface area contributed by atoms with Gasteiger partial charge in [0, 0.05) is 6.20 Å². The standard InChI is InChI=1S/C16H17Cl2NO5/c1-4-7-24-15(21)10(9(2)20)8-19-12-6-5-11(17)13(14(12)18)16(22)23-3/h5-6,8,19H,4,7H2,1-3H3. The molecule has 8 heteroatoms. The monoisotopic (exact) mass is 373 g/mol. The smallest absolute Gasteiger partial charge is 0.343 e. The van der Waals surface area contributed by atoms with Crippen LogP contribution in [-0.4, -0.2) is 31.4 Å². The second kappa shape index (κ2) is 9.30. The lowest BCUT2D eigenvalue weighted by atomic mass is 10.2. The summed E-state index contributed by atoms with van der Waals surface area (Å²) in [5.74, 6) is -1.91. The van der Waals surface area contributed by atoms with Crippen molar-refractivity contribution in [1.82, 2.24) is 0 Å². The van der Waals surface area contributed by atoms with Crippen molar-refractivity contribution in [3.05, 3.63) is 39.5 Å². The number of rotatable bonds is 7. The first kappa shape index (κ1) is 20.0. The molecule has 0 saturated carbocycles. The molecule has 0 aliphatic heterocycles. The number of methoxy groups -OCH3 is 1. The van der Waals surface area contributed by atoms with Gasteiger partial charge in [-0.2, -0.15) is 0 Å². The fourth-order valence-corrected chi connectivity index (χ4v) is 2.26. The van der Waals surface area contributed by atoms with Crippen LogP contribution in [0.5, 0.6) is 0 Å². The number of nitrogens with one attached hydrogen (secondary N) is 1. The van der Waals surface area contributed by atoms with Crippen LogP contribution in [0.25, 0.3) is 0 Å². The van der Waals surface area contributed by atoms with Gasteiger partial charge in [0.2, 0.25) is 0 Å². The lowest BCUT2D eigenvalue weighted by Gasteiger charge is -2.11. The van der Waals surface area contributed by atoms with Crippen LogP contribution in [0.4, 0.5) is 5.69 Å². The third kappa shape index (κ3) is 4.97. The number of carbonyl (C=O) groups excluding carboxylic acids is 3. The number of halogens is 2. The molecular weight excluding hydrogens is 357 g/mol. The van der Waals surface area contributed by atoms with Gasteiger partial charge in [-0.05, 0) is 25.5 Å². The number of ether oxygens (including phenoxy) is 2. The van der Waals surface area contributed by atoms with Crippen molar-refractivity contribution in [2.24, 2.45) is 0 Å². The number of benzene rings is 1. The van der Waals surface area contributed by atoms with Gasteiger partial charge >= 0.3 is 11.9 Å². The Morgan fingerprint density at radius 2 is 1.92 bits per heavy atom. The van der Waals surface area contributed by atoms with Crippen molar-refractivity contribution in [3.63, 3.8) is 0 Å². The summed E-state index contributed by atoms with van der Waals surface area (Å²) >= 11 is 12.1. The van der Waals surface area contributed by atoms with E-state index in [1.807, 2.05) is 6.92 Å². The third-order valence-corrected chi connectivity index (χ3v) is 3.60. The van der Waals surface area contributed by atoms with Gasteiger partial charge < -0.3 is 14.8 Å². The number of carbonyl (C=O) groups is 3. The molecule has 0 amide bonds. The molecule has 0 saturated heterocycles. The Hall–Kier alpha value is -2.05. The summed E-state index contributed by atoms with van der Waals surface area (Å²) in [6.07, 6.45) is 1.81. The first-order valence-electron chi connectivity index (χ1n) is 7.04. The molecule has 0 radical (unpaired) electrons. The zero-order valence-corrected chi connectivity index (χ0v) is 15.0. The van der Waals surface area contributed by atoms with E-state index in [2.05, 4.69) is 10.1 Å². The number of Topliss-reactive ketones (excluding diaryl/α,β-unsaturated/α-hetero) is 1. The molecule has 6 nitrogen and oxygen atoms in total. The average molecular weight is 374 g/mol. The third-order valence-electron chi connectivity index (χ3n) is 2.89. The van der Waals surface area contributed by atoms with Crippen LogP contribution in [0.3, 0.4) is 0 Å².